The van der Waals surface area contributed by atoms with Gasteiger partial charge in [0.15, 0.2) is 0 Å². The van der Waals surface area contributed by atoms with Crippen molar-refractivity contribution in [1.29, 1.82) is 0 Å². The molecule has 0 heterocycles. The van der Waals surface area contributed by atoms with Gasteiger partial charge in [-0.2, -0.15) is 0 Å². The Labute approximate surface area is 59.4 Å². The Morgan fingerprint density at radius 2 is 2.11 bits per heavy atom. The molecule has 0 saturated heterocycles. The Kier molecular flexibility index (Phi) is 1.72. The molecule has 0 aromatic heterocycles. The van der Waals surface area contributed by atoms with Crippen LogP contribution in [0.4, 0.5) is 0 Å². The summed E-state index contributed by atoms with van der Waals surface area (Å²) < 4.78 is 26.7. The van der Waals surface area contributed by atoms with Crippen molar-refractivity contribution in [2.45, 2.75) is 0 Å². The van der Waals surface area contributed by atoms with Gasteiger partial charge >= 0.3 is 58.8 Å². The topological polar surface area (TPSA) is 37.3 Å². The Morgan fingerprint density at radius 3 is 2.56 bits per heavy atom. The van der Waals surface area contributed by atoms with E-state index in [1.807, 2.05) is 0 Å². The fourth-order valence-corrected chi connectivity index (χ4v) is 1.48. The first-order chi connectivity index (χ1) is 4.70. The molecule has 2 nitrogen and oxygen atoms in total. The maximum absolute atomic E-state index is 10.5. The van der Waals surface area contributed by atoms with E-state index in [9.17, 15) is 3.74 Å². The molecule has 1 unspecified atom stereocenters. The summed E-state index contributed by atoms with van der Waals surface area (Å²) >= 11 is -3.12. The standard InChI is InChI=1S/C6H7AsO2/c8-7(9)6-4-2-1-3-5-6/h1-5,7H,(H,8,9)/i1D. The third kappa shape index (κ3) is 1.74. The van der Waals surface area contributed by atoms with Crippen LogP contribution in [0.1, 0.15) is 1.37 Å². The van der Waals surface area contributed by atoms with Gasteiger partial charge in [0.2, 0.25) is 0 Å². The summed E-state index contributed by atoms with van der Waals surface area (Å²) in [5.74, 6) is 0. The van der Waals surface area contributed by atoms with Crippen molar-refractivity contribution in [2.24, 2.45) is 0 Å². The molecule has 1 N–H and O–H groups in total. The van der Waals surface area contributed by atoms with Gasteiger partial charge in [-0.15, -0.1) is 0 Å². The minimum atomic E-state index is -3.12. The van der Waals surface area contributed by atoms with Crippen LogP contribution in [0.25, 0.3) is 0 Å². The van der Waals surface area contributed by atoms with E-state index in [0.29, 0.717) is 10.4 Å². The van der Waals surface area contributed by atoms with Crippen LogP contribution in [-0.2, 0) is 3.74 Å². The monoisotopic (exact) mass is 187 g/mol. The zero-order valence-corrected chi connectivity index (χ0v) is 6.76. The van der Waals surface area contributed by atoms with Crippen molar-refractivity contribution in [1.82, 2.24) is 0 Å². The predicted octanol–water partition coefficient (Wildman–Crippen LogP) is -0.463. The second-order valence-corrected chi connectivity index (χ2v) is 4.09. The average molecular weight is 187 g/mol. The van der Waals surface area contributed by atoms with Gasteiger partial charge in [0, 0.05) is 0 Å². The third-order valence-electron chi connectivity index (χ3n) is 0.965. The molecule has 0 fully saturated rings. The Hall–Kier alpha value is -0.462. The molecule has 1 rings (SSSR count). The molecule has 0 saturated carbocycles. The van der Waals surface area contributed by atoms with Crippen LogP contribution in [-0.4, -0.2) is 19.0 Å². The molecule has 9 heavy (non-hydrogen) atoms. The molecule has 0 radical (unpaired) electrons. The van der Waals surface area contributed by atoms with Gasteiger partial charge in [0.05, 0.1) is 0 Å². The SMILES string of the molecule is [2H]c1ccc([AsH](=O)O)cc1. The molecule has 1 atom stereocenters. The van der Waals surface area contributed by atoms with Crippen LogP contribution in [0.2, 0.25) is 0 Å². The van der Waals surface area contributed by atoms with Crippen molar-refractivity contribution < 1.29 is 9.21 Å². The Balaban J connectivity index is 3.00. The van der Waals surface area contributed by atoms with Crippen molar-refractivity contribution in [3.8, 4) is 0 Å². The third-order valence-corrected chi connectivity index (χ3v) is 2.70. The van der Waals surface area contributed by atoms with Crippen LogP contribution in [0.5, 0.6) is 0 Å². The molecule has 0 bridgehead atoms. The van der Waals surface area contributed by atoms with Gasteiger partial charge in [0.1, 0.15) is 0 Å². The summed E-state index contributed by atoms with van der Waals surface area (Å²) in [6.07, 6.45) is 0. The average Bonchev–Trinajstić information content (AvgIpc) is 1.88. The zero-order valence-electron chi connectivity index (χ0n) is 5.66. The van der Waals surface area contributed by atoms with Gasteiger partial charge in [-0.05, 0) is 0 Å². The summed E-state index contributed by atoms with van der Waals surface area (Å²) in [7, 11) is 0. The second-order valence-electron chi connectivity index (χ2n) is 1.59. The molecule has 1 aromatic carbocycles. The fraction of sp³-hybridized carbons (Fsp3) is 0. The van der Waals surface area contributed by atoms with E-state index in [1.54, 1.807) is 0 Å². The Morgan fingerprint density at radius 1 is 1.56 bits per heavy atom. The number of benzene rings is 1. The van der Waals surface area contributed by atoms with Gasteiger partial charge in [0.25, 0.3) is 0 Å². The predicted molar refractivity (Wildman–Crippen MR) is 36.1 cm³/mol. The summed E-state index contributed by atoms with van der Waals surface area (Å²) in [6.45, 7) is 0. The molecule has 0 spiro atoms. The van der Waals surface area contributed by atoms with Gasteiger partial charge in [-0.3, -0.25) is 0 Å². The second kappa shape index (κ2) is 2.90. The van der Waals surface area contributed by atoms with E-state index in [-0.39, 0.29) is 0 Å². The summed E-state index contributed by atoms with van der Waals surface area (Å²) in [6, 6.07) is 6.42. The Bertz CT molecular complexity index is 244. The van der Waals surface area contributed by atoms with Crippen LogP contribution in [0.15, 0.2) is 30.3 Å². The molecule has 48 valence electrons. The summed E-state index contributed by atoms with van der Waals surface area (Å²) in [5.41, 5.74) is 0. The molecule has 3 heteroatoms. The maximum atomic E-state index is 10.5. The normalized spacial score (nSPS) is 14.6. The molecular formula is C6H7AsO2. The van der Waals surface area contributed by atoms with E-state index in [1.165, 1.54) is 24.3 Å². The van der Waals surface area contributed by atoms with Gasteiger partial charge in [-0.25, -0.2) is 0 Å². The minimum absolute atomic E-state index is 0.364. The summed E-state index contributed by atoms with van der Waals surface area (Å²) in [4.78, 5) is 0. The quantitative estimate of drug-likeness (QED) is 0.604. The number of rotatable bonds is 1. The van der Waals surface area contributed by atoms with E-state index in [2.05, 4.69) is 0 Å². The first-order valence-corrected chi connectivity index (χ1v) is 5.34. The molecule has 0 amide bonds. The molecule has 0 aliphatic rings. The molecule has 0 aliphatic heterocycles. The summed E-state index contributed by atoms with van der Waals surface area (Å²) in [5, 5.41) is 0. The molecular weight excluding hydrogens is 179 g/mol. The van der Waals surface area contributed by atoms with Crippen LogP contribution >= 0.6 is 0 Å². The first kappa shape index (κ1) is 5.33. The first-order valence-electron chi connectivity index (χ1n) is 3.00. The van der Waals surface area contributed by atoms with E-state index in [0.717, 1.165) is 0 Å². The number of hydrogen-bond donors (Lipinski definition) is 1. The van der Waals surface area contributed by atoms with Crippen LogP contribution in [0, 0.1) is 0 Å². The van der Waals surface area contributed by atoms with Crippen molar-refractivity contribution in [3.05, 3.63) is 30.3 Å². The van der Waals surface area contributed by atoms with Gasteiger partial charge < -0.3 is 0 Å². The fourth-order valence-electron chi connectivity index (χ4n) is 0.529. The number of hydrogen-bond acceptors (Lipinski definition) is 1. The van der Waals surface area contributed by atoms with E-state index in [4.69, 9.17) is 5.47 Å². The van der Waals surface area contributed by atoms with Crippen LogP contribution in [0.3, 0.4) is 0 Å². The molecule has 1 aromatic rings. The van der Waals surface area contributed by atoms with E-state index < -0.39 is 14.9 Å². The van der Waals surface area contributed by atoms with Crippen molar-refractivity contribution in [3.63, 3.8) is 0 Å². The van der Waals surface area contributed by atoms with Gasteiger partial charge in [-0.1, -0.05) is 0 Å². The zero-order chi connectivity index (χ0) is 7.56. The van der Waals surface area contributed by atoms with Crippen molar-refractivity contribution in [2.75, 3.05) is 0 Å². The molecule has 0 aliphatic carbocycles. The van der Waals surface area contributed by atoms with Crippen LogP contribution < -0.4 is 4.35 Å². The van der Waals surface area contributed by atoms with Crippen molar-refractivity contribution >= 4 is 19.3 Å². The van der Waals surface area contributed by atoms with E-state index >= 15 is 0 Å².